The van der Waals surface area contributed by atoms with Gasteiger partial charge in [-0.05, 0) is 41.3 Å². The molecule has 1 aliphatic rings. The van der Waals surface area contributed by atoms with Crippen molar-refractivity contribution in [2.75, 3.05) is 0 Å². The average molecular weight is 449 g/mol. The van der Waals surface area contributed by atoms with E-state index >= 15 is 0 Å². The van der Waals surface area contributed by atoms with Crippen molar-refractivity contribution in [3.63, 3.8) is 0 Å². The Hall–Kier alpha value is -3.38. The number of hydrogen-bond acceptors (Lipinski definition) is 4. The fourth-order valence-electron chi connectivity index (χ4n) is 3.92. The van der Waals surface area contributed by atoms with E-state index in [1.54, 1.807) is 18.2 Å². The van der Waals surface area contributed by atoms with E-state index in [2.05, 4.69) is 0 Å². The molecule has 1 fully saturated rings. The summed E-state index contributed by atoms with van der Waals surface area (Å²) in [6.07, 6.45) is -1.55. The number of carbonyl (C=O) groups excluding carboxylic acids is 1. The number of aromatic nitrogens is 1. The lowest BCUT2D eigenvalue weighted by Crippen LogP contribution is -2.42. The number of nitrogens with zero attached hydrogens (tertiary/aromatic N) is 1. The maximum atomic E-state index is 14.5. The molecule has 0 spiro atoms. The van der Waals surface area contributed by atoms with E-state index in [1.165, 1.54) is 18.2 Å². The van der Waals surface area contributed by atoms with Gasteiger partial charge in [-0.15, -0.1) is 0 Å². The van der Waals surface area contributed by atoms with Crippen LogP contribution in [0.2, 0.25) is 0 Å². The molecular formula is C27H25F2NO3. The third kappa shape index (κ3) is 5.01. The first-order valence-electron chi connectivity index (χ1n) is 10.9. The Bertz CT molecular complexity index is 1160. The number of pyridine rings is 1. The van der Waals surface area contributed by atoms with Crippen LogP contribution in [0.4, 0.5) is 8.78 Å². The number of rotatable bonds is 5. The van der Waals surface area contributed by atoms with Crippen LogP contribution in [0.5, 0.6) is 0 Å². The summed E-state index contributed by atoms with van der Waals surface area (Å²) in [4.78, 5) is 16.6. The van der Waals surface area contributed by atoms with E-state index in [0.29, 0.717) is 0 Å². The Morgan fingerprint density at radius 2 is 1.79 bits per heavy atom. The van der Waals surface area contributed by atoms with Gasteiger partial charge >= 0.3 is 5.97 Å². The van der Waals surface area contributed by atoms with Crippen LogP contribution in [0, 0.1) is 5.82 Å². The number of esters is 1. The van der Waals surface area contributed by atoms with E-state index in [-0.39, 0.29) is 18.2 Å². The van der Waals surface area contributed by atoms with Gasteiger partial charge in [0.15, 0.2) is 12.3 Å². The van der Waals surface area contributed by atoms with Gasteiger partial charge in [0.25, 0.3) is 0 Å². The number of hydrogen-bond donors (Lipinski definition) is 1. The lowest BCUT2D eigenvalue weighted by Gasteiger charge is -2.27. The van der Waals surface area contributed by atoms with E-state index in [0.717, 1.165) is 33.6 Å². The quantitative estimate of drug-likeness (QED) is 0.507. The molecule has 3 unspecified atom stereocenters. The Morgan fingerprint density at radius 1 is 1.09 bits per heavy atom. The number of ether oxygens (including phenoxy) is 1. The normalized spacial score (nSPS) is 20.9. The van der Waals surface area contributed by atoms with Crippen LogP contribution in [0.15, 0.2) is 66.7 Å². The van der Waals surface area contributed by atoms with Gasteiger partial charge < -0.3 is 9.84 Å². The highest BCUT2D eigenvalue weighted by molar-refractivity contribution is 5.81. The number of aliphatic hydroxyl groups excluding tert-OH is 1. The summed E-state index contributed by atoms with van der Waals surface area (Å²) >= 11 is 0. The number of alkyl halides is 1. The van der Waals surface area contributed by atoms with Crippen LogP contribution in [-0.2, 0) is 9.53 Å². The first kappa shape index (κ1) is 22.8. The average Bonchev–Trinajstić information content (AvgIpc) is 2.81. The number of benzene rings is 2. The molecule has 0 aliphatic carbocycles. The summed E-state index contributed by atoms with van der Waals surface area (Å²) in [5.41, 5.74) is 4.76. The maximum Gasteiger partial charge on any atom is 0.309 e. The second-order valence-electron chi connectivity index (χ2n) is 8.41. The zero-order valence-corrected chi connectivity index (χ0v) is 18.4. The molecule has 1 saturated heterocycles. The molecule has 2 aromatic carbocycles. The summed E-state index contributed by atoms with van der Waals surface area (Å²) in [6, 6.07) is 17.8. The minimum absolute atomic E-state index is 0.0215. The van der Waals surface area contributed by atoms with Gasteiger partial charge in [-0.1, -0.05) is 62.4 Å². The van der Waals surface area contributed by atoms with Crippen molar-refractivity contribution in [3.8, 4) is 22.4 Å². The summed E-state index contributed by atoms with van der Waals surface area (Å²) in [5.74, 6) is -0.972. The fraction of sp³-hybridized carbons (Fsp3) is 0.259. The smallest absolute Gasteiger partial charge is 0.309 e. The number of aliphatic hydroxyl groups is 1. The van der Waals surface area contributed by atoms with Gasteiger partial charge in [0.05, 0.1) is 23.9 Å². The molecular weight excluding hydrogens is 424 g/mol. The van der Waals surface area contributed by atoms with Crippen molar-refractivity contribution < 1.29 is 23.4 Å². The second-order valence-corrected chi connectivity index (χ2v) is 8.41. The van der Waals surface area contributed by atoms with Crippen molar-refractivity contribution in [2.24, 2.45) is 0 Å². The SMILES string of the molecule is CC(C)c1nc(-c2ccccc2)cc(-c2ccc(F)cc2)c1/C=C/C1OC(=O)CC(O)C1F. The lowest BCUT2D eigenvalue weighted by atomic mass is 9.91. The van der Waals surface area contributed by atoms with Gasteiger partial charge in [-0.2, -0.15) is 0 Å². The van der Waals surface area contributed by atoms with Gasteiger partial charge in [0.1, 0.15) is 5.82 Å². The molecule has 0 saturated carbocycles. The van der Waals surface area contributed by atoms with Gasteiger partial charge in [0, 0.05) is 11.1 Å². The summed E-state index contributed by atoms with van der Waals surface area (Å²) < 4.78 is 33.2. The first-order valence-corrected chi connectivity index (χ1v) is 10.9. The molecule has 2 heterocycles. The topological polar surface area (TPSA) is 59.4 Å². The molecule has 3 aromatic rings. The van der Waals surface area contributed by atoms with Crippen LogP contribution < -0.4 is 0 Å². The Kier molecular flexibility index (Phi) is 6.65. The number of carbonyl (C=O) groups is 1. The van der Waals surface area contributed by atoms with E-state index in [4.69, 9.17) is 9.72 Å². The molecule has 0 bridgehead atoms. The monoisotopic (exact) mass is 449 g/mol. The summed E-state index contributed by atoms with van der Waals surface area (Å²) in [7, 11) is 0. The van der Waals surface area contributed by atoms with Crippen molar-refractivity contribution in [2.45, 2.75) is 44.6 Å². The molecule has 6 heteroatoms. The zero-order valence-electron chi connectivity index (χ0n) is 18.4. The van der Waals surface area contributed by atoms with Gasteiger partial charge in [-0.25, -0.2) is 8.78 Å². The van der Waals surface area contributed by atoms with Crippen molar-refractivity contribution in [1.29, 1.82) is 0 Å². The van der Waals surface area contributed by atoms with Crippen LogP contribution in [0.1, 0.15) is 37.4 Å². The van der Waals surface area contributed by atoms with E-state index in [1.807, 2.05) is 50.2 Å². The largest absolute Gasteiger partial charge is 0.455 e. The highest BCUT2D eigenvalue weighted by Crippen LogP contribution is 2.35. The first-order chi connectivity index (χ1) is 15.8. The van der Waals surface area contributed by atoms with Crippen LogP contribution in [0.3, 0.4) is 0 Å². The molecule has 33 heavy (non-hydrogen) atoms. The van der Waals surface area contributed by atoms with Crippen LogP contribution >= 0.6 is 0 Å². The third-order valence-electron chi connectivity index (χ3n) is 5.64. The second kappa shape index (κ2) is 9.63. The minimum Gasteiger partial charge on any atom is -0.455 e. The Labute approximate surface area is 191 Å². The fourth-order valence-corrected chi connectivity index (χ4v) is 3.92. The number of cyclic esters (lactones) is 1. The van der Waals surface area contributed by atoms with Crippen molar-refractivity contribution in [1.82, 2.24) is 4.98 Å². The summed E-state index contributed by atoms with van der Waals surface area (Å²) in [5, 5.41) is 9.82. The van der Waals surface area contributed by atoms with E-state index < -0.39 is 24.3 Å². The predicted molar refractivity (Wildman–Crippen MR) is 124 cm³/mol. The molecule has 4 rings (SSSR count). The molecule has 0 radical (unpaired) electrons. The standard InChI is InChI=1S/C27H25F2NO3/c1-16(2)27-20(12-13-24-26(29)23(31)15-25(32)33-24)21(17-8-10-19(28)11-9-17)14-22(30-27)18-6-4-3-5-7-18/h3-14,16,23-24,26,31H,15H2,1-2H3/b13-12+. The third-order valence-corrected chi connectivity index (χ3v) is 5.64. The predicted octanol–water partition coefficient (Wildman–Crippen LogP) is 5.71. The van der Waals surface area contributed by atoms with Crippen LogP contribution in [0.25, 0.3) is 28.5 Å². The van der Waals surface area contributed by atoms with Gasteiger partial charge in [0.2, 0.25) is 0 Å². The Balaban J connectivity index is 1.87. The highest BCUT2D eigenvalue weighted by atomic mass is 19.1. The van der Waals surface area contributed by atoms with Crippen LogP contribution in [-0.4, -0.2) is 34.4 Å². The molecule has 1 N–H and O–H groups in total. The highest BCUT2D eigenvalue weighted by Gasteiger charge is 2.36. The van der Waals surface area contributed by atoms with Gasteiger partial charge in [-0.3, -0.25) is 9.78 Å². The summed E-state index contributed by atoms with van der Waals surface area (Å²) in [6.45, 7) is 4.01. The molecule has 3 atom stereocenters. The molecule has 170 valence electrons. The maximum absolute atomic E-state index is 14.5. The lowest BCUT2D eigenvalue weighted by molar-refractivity contribution is -0.164. The molecule has 1 aliphatic heterocycles. The van der Waals surface area contributed by atoms with Crippen molar-refractivity contribution >= 4 is 12.0 Å². The molecule has 0 amide bonds. The van der Waals surface area contributed by atoms with E-state index in [9.17, 15) is 18.7 Å². The number of halogens is 2. The minimum atomic E-state index is -1.72. The Morgan fingerprint density at radius 3 is 2.45 bits per heavy atom. The zero-order chi connectivity index (χ0) is 23.5. The van der Waals surface area contributed by atoms with Crippen molar-refractivity contribution in [3.05, 3.63) is 83.8 Å². The molecule has 4 nitrogen and oxygen atoms in total. The molecule has 1 aromatic heterocycles.